The second kappa shape index (κ2) is 5.13. The fourth-order valence-corrected chi connectivity index (χ4v) is 1.56. The van der Waals surface area contributed by atoms with Crippen molar-refractivity contribution in [1.82, 2.24) is 5.32 Å². The van der Waals surface area contributed by atoms with Gasteiger partial charge < -0.3 is 10.1 Å². The number of hydrogen-bond acceptors (Lipinski definition) is 2. The van der Waals surface area contributed by atoms with Crippen molar-refractivity contribution in [3.63, 3.8) is 0 Å². The van der Waals surface area contributed by atoms with Gasteiger partial charge in [0.1, 0.15) is 0 Å². The molecule has 0 radical (unpaired) electrons. The van der Waals surface area contributed by atoms with Crippen LogP contribution in [0.4, 0.5) is 0 Å². The van der Waals surface area contributed by atoms with E-state index in [4.69, 9.17) is 4.74 Å². The largest absolute Gasteiger partial charge is 0.377 e. The Morgan fingerprint density at radius 2 is 1.64 bits per heavy atom. The lowest BCUT2D eigenvalue weighted by atomic mass is 9.85. The Bertz CT molecular complexity index is 158. The van der Waals surface area contributed by atoms with E-state index in [1.165, 1.54) is 6.42 Å². The third-order valence-electron chi connectivity index (χ3n) is 2.90. The summed E-state index contributed by atoms with van der Waals surface area (Å²) in [5, 5.41) is 3.34. The van der Waals surface area contributed by atoms with Crippen LogP contribution in [0, 0.1) is 5.41 Å². The highest BCUT2D eigenvalue weighted by molar-refractivity contribution is 4.85. The molecule has 0 spiro atoms. The molecule has 0 aliphatic carbocycles. The predicted molar refractivity (Wildman–Crippen MR) is 62.6 cm³/mol. The lowest BCUT2D eigenvalue weighted by Crippen LogP contribution is -2.46. The van der Waals surface area contributed by atoms with E-state index in [0.29, 0.717) is 11.5 Å². The van der Waals surface area contributed by atoms with E-state index in [9.17, 15) is 0 Å². The van der Waals surface area contributed by atoms with E-state index in [1.54, 1.807) is 7.11 Å². The Kier molecular flexibility index (Phi) is 5.10. The normalized spacial score (nSPS) is 15.6. The number of nitrogens with one attached hydrogen (secondary N) is 1. The van der Waals surface area contributed by atoms with Crippen LogP contribution in [0.1, 0.15) is 47.5 Å². The van der Waals surface area contributed by atoms with E-state index in [1.807, 2.05) is 7.05 Å². The van der Waals surface area contributed by atoms with Crippen LogP contribution in [0.25, 0.3) is 0 Å². The van der Waals surface area contributed by atoms with Gasteiger partial charge in [-0.05, 0) is 39.2 Å². The standard InChI is InChI=1S/C12H27NO/c1-11(2,3)9-8-10(13-6)12(4,5)14-7/h10,13H,8-9H2,1-7H3. The Balaban J connectivity index is 4.17. The quantitative estimate of drug-likeness (QED) is 0.738. The highest BCUT2D eigenvalue weighted by Gasteiger charge is 2.28. The zero-order valence-electron chi connectivity index (χ0n) is 10.9. The molecule has 1 atom stereocenters. The van der Waals surface area contributed by atoms with Gasteiger partial charge in [-0.15, -0.1) is 0 Å². The summed E-state index contributed by atoms with van der Waals surface area (Å²) in [5.41, 5.74) is 0.318. The summed E-state index contributed by atoms with van der Waals surface area (Å²) in [7, 11) is 3.79. The average Bonchev–Trinajstić information content (AvgIpc) is 2.03. The summed E-state index contributed by atoms with van der Waals surface area (Å²) < 4.78 is 5.49. The molecule has 0 bridgehead atoms. The van der Waals surface area contributed by atoms with Crippen LogP contribution in [0.15, 0.2) is 0 Å². The fourth-order valence-electron chi connectivity index (χ4n) is 1.56. The molecule has 0 aliphatic rings. The number of hydrogen-bond donors (Lipinski definition) is 1. The molecule has 0 heterocycles. The van der Waals surface area contributed by atoms with Crippen molar-refractivity contribution in [2.45, 2.75) is 59.1 Å². The second-order valence-corrected chi connectivity index (χ2v) is 5.75. The summed E-state index contributed by atoms with van der Waals surface area (Å²) in [6.45, 7) is 11.1. The van der Waals surface area contributed by atoms with Crippen LogP contribution in [-0.2, 0) is 4.74 Å². The molecule has 1 unspecified atom stereocenters. The first-order valence-corrected chi connectivity index (χ1v) is 5.45. The van der Waals surface area contributed by atoms with Crippen LogP contribution in [0.3, 0.4) is 0 Å². The molecular weight excluding hydrogens is 174 g/mol. The Labute approximate surface area is 89.4 Å². The number of methoxy groups -OCH3 is 1. The lowest BCUT2D eigenvalue weighted by Gasteiger charge is -2.34. The molecule has 0 aromatic carbocycles. The minimum absolute atomic E-state index is 0.0833. The molecule has 2 heteroatoms. The van der Waals surface area contributed by atoms with E-state index < -0.39 is 0 Å². The monoisotopic (exact) mass is 201 g/mol. The summed E-state index contributed by atoms with van der Waals surface area (Å²) >= 11 is 0. The summed E-state index contributed by atoms with van der Waals surface area (Å²) in [5.74, 6) is 0. The molecule has 0 rings (SSSR count). The molecule has 0 amide bonds. The van der Waals surface area contributed by atoms with Crippen molar-refractivity contribution in [3.8, 4) is 0 Å². The van der Waals surface area contributed by atoms with Crippen LogP contribution >= 0.6 is 0 Å². The van der Waals surface area contributed by atoms with Gasteiger partial charge in [-0.2, -0.15) is 0 Å². The maximum Gasteiger partial charge on any atom is 0.0774 e. The van der Waals surface area contributed by atoms with Gasteiger partial charge in [-0.1, -0.05) is 20.8 Å². The fraction of sp³-hybridized carbons (Fsp3) is 1.00. The van der Waals surface area contributed by atoms with Crippen LogP contribution in [0.2, 0.25) is 0 Å². The van der Waals surface area contributed by atoms with Crippen molar-refractivity contribution in [3.05, 3.63) is 0 Å². The maximum absolute atomic E-state index is 5.49. The van der Waals surface area contributed by atoms with E-state index >= 15 is 0 Å². The van der Waals surface area contributed by atoms with Gasteiger partial charge in [0.15, 0.2) is 0 Å². The Hall–Kier alpha value is -0.0800. The minimum atomic E-state index is -0.0833. The summed E-state index contributed by atoms with van der Waals surface area (Å²) in [4.78, 5) is 0. The highest BCUT2D eigenvalue weighted by atomic mass is 16.5. The first-order chi connectivity index (χ1) is 6.23. The smallest absolute Gasteiger partial charge is 0.0774 e. The predicted octanol–water partition coefficient (Wildman–Crippen LogP) is 2.83. The zero-order valence-corrected chi connectivity index (χ0v) is 10.9. The van der Waals surface area contributed by atoms with Gasteiger partial charge in [-0.25, -0.2) is 0 Å². The van der Waals surface area contributed by atoms with Gasteiger partial charge in [0.2, 0.25) is 0 Å². The van der Waals surface area contributed by atoms with Gasteiger partial charge in [-0.3, -0.25) is 0 Å². The molecule has 0 saturated heterocycles. The van der Waals surface area contributed by atoms with Gasteiger partial charge in [0, 0.05) is 13.2 Å². The topological polar surface area (TPSA) is 21.3 Å². The van der Waals surface area contributed by atoms with Gasteiger partial charge in [0.05, 0.1) is 5.60 Å². The summed E-state index contributed by atoms with van der Waals surface area (Å²) in [6.07, 6.45) is 2.37. The average molecular weight is 201 g/mol. The Morgan fingerprint density at radius 3 is 1.93 bits per heavy atom. The van der Waals surface area contributed by atoms with Crippen molar-refractivity contribution in [2.75, 3.05) is 14.2 Å². The molecule has 0 fully saturated rings. The Morgan fingerprint density at radius 1 is 1.14 bits per heavy atom. The lowest BCUT2D eigenvalue weighted by molar-refractivity contribution is -0.0129. The van der Waals surface area contributed by atoms with Crippen molar-refractivity contribution < 1.29 is 4.74 Å². The van der Waals surface area contributed by atoms with E-state index in [0.717, 1.165) is 6.42 Å². The van der Waals surface area contributed by atoms with Crippen LogP contribution < -0.4 is 5.32 Å². The number of ether oxygens (including phenoxy) is 1. The molecule has 2 nitrogen and oxygen atoms in total. The molecule has 0 saturated carbocycles. The zero-order chi connectivity index (χ0) is 11.4. The third kappa shape index (κ3) is 4.97. The van der Waals surface area contributed by atoms with Crippen molar-refractivity contribution in [1.29, 1.82) is 0 Å². The molecule has 1 N–H and O–H groups in total. The summed E-state index contributed by atoms with van der Waals surface area (Å²) in [6, 6.07) is 0.423. The van der Waals surface area contributed by atoms with Crippen LogP contribution in [-0.4, -0.2) is 25.8 Å². The molecule has 0 aromatic heterocycles. The van der Waals surface area contributed by atoms with Gasteiger partial charge in [0.25, 0.3) is 0 Å². The van der Waals surface area contributed by atoms with E-state index in [2.05, 4.69) is 39.9 Å². The second-order valence-electron chi connectivity index (χ2n) is 5.75. The molecule has 86 valence electrons. The first-order valence-electron chi connectivity index (χ1n) is 5.45. The molecule has 14 heavy (non-hydrogen) atoms. The maximum atomic E-state index is 5.49. The van der Waals surface area contributed by atoms with Crippen molar-refractivity contribution in [2.24, 2.45) is 5.41 Å². The van der Waals surface area contributed by atoms with Gasteiger partial charge >= 0.3 is 0 Å². The van der Waals surface area contributed by atoms with Crippen LogP contribution in [0.5, 0.6) is 0 Å². The number of likely N-dealkylation sites (N-methyl/N-ethyl adjacent to an activating group) is 1. The molecular formula is C12H27NO. The molecule has 0 aromatic rings. The number of rotatable bonds is 5. The minimum Gasteiger partial charge on any atom is -0.377 e. The molecule has 0 aliphatic heterocycles. The van der Waals surface area contributed by atoms with Crippen molar-refractivity contribution >= 4 is 0 Å². The third-order valence-corrected chi connectivity index (χ3v) is 2.90. The first kappa shape index (κ1) is 13.9. The SMILES string of the molecule is CNC(CCC(C)(C)C)C(C)(C)OC. The highest BCUT2D eigenvalue weighted by Crippen LogP contribution is 2.25. The van der Waals surface area contributed by atoms with E-state index in [-0.39, 0.29) is 5.60 Å².